The van der Waals surface area contributed by atoms with Gasteiger partial charge in [-0.15, -0.1) is 0 Å². The zero-order valence-electron chi connectivity index (χ0n) is 63.1. The SMILES string of the molecule is CC/C=C\C/C=C\C/C=C\C/C=C\CCCCCCCCCCCCCCCCCCCCCCCCCCC(=O)OC(COC(=O)CCCCCCCCCCCCCCCCCCCCCC/C=C\C/C=C\C/C=C\C/C=C\CC)COC(OCC[N+](C)(C)C)C(=O)O. The van der Waals surface area contributed by atoms with Crippen LogP contribution >= 0.6 is 0 Å². The molecule has 9 nitrogen and oxygen atoms in total. The van der Waals surface area contributed by atoms with Crippen LogP contribution in [0.5, 0.6) is 0 Å². The highest BCUT2D eigenvalue weighted by Crippen LogP contribution is 2.19. The number of esters is 2. The van der Waals surface area contributed by atoms with E-state index in [4.69, 9.17) is 18.9 Å². The standard InChI is InChI=1S/C86H153NO8/c1-6-8-10-12-14-16-18-20-22-24-26-28-30-32-34-36-38-40-41-42-43-45-47-49-51-53-55-57-59-61-63-65-67-69-71-73-75-77-84(89)95-82(81-94-86(85(90)91)92-79-78-87(3,4)5)80-93-83(88)76-74-72-70-68-66-64-62-60-58-56-54-52-50-48-46-44-39-37-35-33-31-29-27-25-23-21-19-17-15-13-11-9-7-2/h8-11,14-17,20-23,26-29,82,86H,6-7,12-13,18-19,24-25,30-81H2,1-5H3/p+1/b10-8-,11-9-,16-14-,17-15-,22-20-,23-21-,28-26-,29-27-. The topological polar surface area (TPSA) is 108 Å². The molecule has 0 aromatic carbocycles. The second-order valence-corrected chi connectivity index (χ2v) is 28.3. The molecular formula is C86H154NO8+. The average Bonchev–Trinajstić information content (AvgIpc) is 3.75. The van der Waals surface area contributed by atoms with Crippen LogP contribution < -0.4 is 0 Å². The Morgan fingerprint density at radius 2 is 0.568 bits per heavy atom. The number of carboxylic acid groups (broad SMARTS) is 1. The minimum absolute atomic E-state index is 0.179. The number of likely N-dealkylation sites (N-methyl/N-ethyl adjacent to an activating group) is 1. The lowest BCUT2D eigenvalue weighted by molar-refractivity contribution is -0.870. The molecule has 0 aliphatic heterocycles. The Labute approximate surface area is 588 Å². The van der Waals surface area contributed by atoms with E-state index in [1.165, 1.54) is 257 Å². The van der Waals surface area contributed by atoms with Crippen LogP contribution in [0.25, 0.3) is 0 Å². The van der Waals surface area contributed by atoms with Crippen molar-refractivity contribution in [3.05, 3.63) is 97.2 Å². The van der Waals surface area contributed by atoms with Crippen molar-refractivity contribution in [1.82, 2.24) is 0 Å². The summed E-state index contributed by atoms with van der Waals surface area (Å²) in [5.41, 5.74) is 0. The first-order chi connectivity index (χ1) is 46.6. The van der Waals surface area contributed by atoms with Crippen LogP contribution in [-0.2, 0) is 33.3 Å². The number of carbonyl (C=O) groups is 3. The Balaban J connectivity index is 3.97. The predicted molar refractivity (Wildman–Crippen MR) is 410 cm³/mol. The number of carbonyl (C=O) groups excluding carboxylic acids is 2. The molecule has 0 saturated carbocycles. The van der Waals surface area contributed by atoms with E-state index in [9.17, 15) is 19.5 Å². The van der Waals surface area contributed by atoms with Crippen molar-refractivity contribution in [2.75, 3.05) is 47.5 Å². The fourth-order valence-electron chi connectivity index (χ4n) is 11.8. The van der Waals surface area contributed by atoms with Gasteiger partial charge >= 0.3 is 17.9 Å². The van der Waals surface area contributed by atoms with E-state index in [0.717, 1.165) is 89.9 Å². The molecule has 2 unspecified atom stereocenters. The Morgan fingerprint density at radius 1 is 0.316 bits per heavy atom. The van der Waals surface area contributed by atoms with Crippen LogP contribution in [0.4, 0.5) is 0 Å². The molecule has 0 aliphatic carbocycles. The first-order valence-electron chi connectivity index (χ1n) is 40.4. The molecule has 9 heteroatoms. The van der Waals surface area contributed by atoms with Gasteiger partial charge in [0.1, 0.15) is 13.2 Å². The van der Waals surface area contributed by atoms with Crippen molar-refractivity contribution in [2.45, 2.75) is 386 Å². The summed E-state index contributed by atoms with van der Waals surface area (Å²) in [6.07, 6.45) is 103. The summed E-state index contributed by atoms with van der Waals surface area (Å²) >= 11 is 0. The molecule has 2 atom stereocenters. The highest BCUT2D eigenvalue weighted by Gasteiger charge is 2.25. The third-order valence-corrected chi connectivity index (χ3v) is 17.8. The van der Waals surface area contributed by atoms with E-state index in [-0.39, 0.29) is 38.2 Å². The molecule has 0 amide bonds. The van der Waals surface area contributed by atoms with Crippen molar-refractivity contribution >= 4 is 17.9 Å². The molecule has 0 spiro atoms. The number of aliphatic carboxylic acids is 1. The molecule has 1 N–H and O–H groups in total. The Morgan fingerprint density at radius 3 is 0.842 bits per heavy atom. The molecule has 0 aromatic rings. The first kappa shape index (κ1) is 91.2. The normalized spacial score (nSPS) is 13.1. The summed E-state index contributed by atoms with van der Waals surface area (Å²) in [7, 11) is 5.99. The number of unbranched alkanes of at least 4 members (excludes halogenated alkanes) is 44. The second kappa shape index (κ2) is 76.0. The van der Waals surface area contributed by atoms with Crippen LogP contribution in [0.1, 0.15) is 373 Å². The highest BCUT2D eigenvalue weighted by molar-refractivity contribution is 5.71. The smallest absolute Gasteiger partial charge is 0.361 e. The van der Waals surface area contributed by atoms with Crippen LogP contribution in [0.2, 0.25) is 0 Å². The minimum atomic E-state index is -1.51. The summed E-state index contributed by atoms with van der Waals surface area (Å²) in [5, 5.41) is 9.78. The summed E-state index contributed by atoms with van der Waals surface area (Å²) in [5.74, 6) is -1.98. The minimum Gasteiger partial charge on any atom is -0.477 e. The molecular weight excluding hydrogens is 1170 g/mol. The maximum Gasteiger partial charge on any atom is 0.361 e. The molecule has 0 fully saturated rings. The van der Waals surface area contributed by atoms with E-state index in [2.05, 4.69) is 111 Å². The van der Waals surface area contributed by atoms with Crippen LogP contribution in [-0.4, -0.2) is 87.4 Å². The molecule has 0 rings (SSSR count). The van der Waals surface area contributed by atoms with E-state index in [0.29, 0.717) is 17.4 Å². The van der Waals surface area contributed by atoms with Gasteiger partial charge in [0, 0.05) is 12.8 Å². The highest BCUT2D eigenvalue weighted by atomic mass is 16.7. The maximum atomic E-state index is 13.0. The lowest BCUT2D eigenvalue weighted by Gasteiger charge is -2.25. The third-order valence-electron chi connectivity index (χ3n) is 17.8. The second-order valence-electron chi connectivity index (χ2n) is 28.3. The summed E-state index contributed by atoms with van der Waals surface area (Å²) in [6, 6.07) is 0. The molecule has 0 radical (unpaired) electrons. The lowest BCUT2D eigenvalue weighted by Crippen LogP contribution is -2.40. The van der Waals surface area contributed by atoms with Crippen LogP contribution in [0, 0.1) is 0 Å². The van der Waals surface area contributed by atoms with Gasteiger partial charge in [0.15, 0.2) is 6.10 Å². The van der Waals surface area contributed by atoms with Gasteiger partial charge in [-0.25, -0.2) is 4.79 Å². The Bertz CT molecular complexity index is 1890. The average molecular weight is 1330 g/mol. The summed E-state index contributed by atoms with van der Waals surface area (Å²) < 4.78 is 23.1. The number of carboxylic acids is 1. The monoisotopic (exact) mass is 1330 g/mol. The lowest BCUT2D eigenvalue weighted by atomic mass is 10.0. The molecule has 550 valence electrons. The van der Waals surface area contributed by atoms with Gasteiger partial charge in [0.25, 0.3) is 6.29 Å². The number of allylic oxidation sites excluding steroid dienone is 16. The number of hydrogen-bond donors (Lipinski definition) is 1. The number of rotatable bonds is 75. The van der Waals surface area contributed by atoms with Crippen LogP contribution in [0.3, 0.4) is 0 Å². The molecule has 0 aliphatic rings. The first-order valence-corrected chi connectivity index (χ1v) is 40.4. The molecule has 0 aromatic heterocycles. The van der Waals surface area contributed by atoms with Crippen molar-refractivity contribution < 1.29 is 42.9 Å². The molecule has 0 bridgehead atoms. The summed E-state index contributed by atoms with van der Waals surface area (Å²) in [4.78, 5) is 37.8. The Hall–Kier alpha value is -3.79. The van der Waals surface area contributed by atoms with Gasteiger partial charge in [-0.1, -0.05) is 368 Å². The Kier molecular flexibility index (Phi) is 72.9. The van der Waals surface area contributed by atoms with Crippen molar-refractivity contribution in [2.24, 2.45) is 0 Å². The van der Waals surface area contributed by atoms with Crippen LogP contribution in [0.15, 0.2) is 97.2 Å². The largest absolute Gasteiger partial charge is 0.477 e. The number of quaternary nitrogens is 1. The predicted octanol–water partition coefficient (Wildman–Crippen LogP) is 25.9. The van der Waals surface area contributed by atoms with Gasteiger partial charge in [0.05, 0.1) is 34.4 Å². The molecule has 0 heterocycles. The van der Waals surface area contributed by atoms with Crippen molar-refractivity contribution in [3.8, 4) is 0 Å². The van der Waals surface area contributed by atoms with E-state index < -0.39 is 18.4 Å². The number of ether oxygens (including phenoxy) is 4. The van der Waals surface area contributed by atoms with Gasteiger partial charge in [0.2, 0.25) is 0 Å². The van der Waals surface area contributed by atoms with Gasteiger partial charge < -0.3 is 28.5 Å². The molecule has 95 heavy (non-hydrogen) atoms. The van der Waals surface area contributed by atoms with E-state index in [1.54, 1.807) is 0 Å². The zero-order chi connectivity index (χ0) is 69.0. The third kappa shape index (κ3) is 77.4. The van der Waals surface area contributed by atoms with Crippen molar-refractivity contribution in [3.63, 3.8) is 0 Å². The number of hydrogen-bond acceptors (Lipinski definition) is 7. The fourth-order valence-corrected chi connectivity index (χ4v) is 11.8. The van der Waals surface area contributed by atoms with Gasteiger partial charge in [-0.05, 0) is 89.9 Å². The van der Waals surface area contributed by atoms with Gasteiger partial charge in [-0.3, -0.25) is 9.59 Å². The van der Waals surface area contributed by atoms with Gasteiger partial charge in [-0.2, -0.15) is 0 Å². The van der Waals surface area contributed by atoms with E-state index in [1.807, 2.05) is 21.1 Å². The quantitative estimate of drug-likeness (QED) is 0.0211. The fraction of sp³-hybridized carbons (Fsp3) is 0.779. The maximum absolute atomic E-state index is 13.0. The summed E-state index contributed by atoms with van der Waals surface area (Å²) in [6.45, 7) is 4.71. The zero-order valence-corrected chi connectivity index (χ0v) is 63.1. The molecule has 0 saturated heterocycles. The van der Waals surface area contributed by atoms with E-state index >= 15 is 0 Å². The van der Waals surface area contributed by atoms with Crippen molar-refractivity contribution in [1.29, 1.82) is 0 Å². The number of nitrogens with zero attached hydrogens (tertiary/aromatic N) is 1.